The zero-order valence-electron chi connectivity index (χ0n) is 14.4. The van der Waals surface area contributed by atoms with E-state index in [1.165, 1.54) is 20.5 Å². The second-order valence-corrected chi connectivity index (χ2v) is 6.06. The van der Waals surface area contributed by atoms with Gasteiger partial charge >= 0.3 is 5.69 Å². The summed E-state index contributed by atoms with van der Waals surface area (Å²) in [5.41, 5.74) is 0.260. The van der Waals surface area contributed by atoms with Gasteiger partial charge in [0.05, 0.1) is 29.9 Å². The van der Waals surface area contributed by atoms with E-state index in [1.807, 2.05) is 4.90 Å². The number of nitro groups is 1. The predicted octanol–water partition coefficient (Wildman–Crippen LogP) is 3.40. The monoisotopic (exact) mass is 379 g/mol. The van der Waals surface area contributed by atoms with E-state index in [9.17, 15) is 10.1 Å². The molecule has 26 heavy (non-hydrogen) atoms. The Morgan fingerprint density at radius 1 is 1.19 bits per heavy atom. The van der Waals surface area contributed by atoms with Crippen molar-refractivity contribution in [3.8, 4) is 11.5 Å². The van der Waals surface area contributed by atoms with E-state index < -0.39 is 4.92 Å². The minimum atomic E-state index is -0.479. The Morgan fingerprint density at radius 2 is 1.88 bits per heavy atom. The summed E-state index contributed by atoms with van der Waals surface area (Å²) < 4.78 is 10.5. The molecule has 2 heterocycles. The summed E-state index contributed by atoms with van der Waals surface area (Å²) >= 11 is 6.17. The molecule has 0 atom stereocenters. The average Bonchev–Trinajstić information content (AvgIpc) is 3.16. The van der Waals surface area contributed by atoms with Gasteiger partial charge in [0.2, 0.25) is 11.6 Å². The largest absolute Gasteiger partial charge is 0.495 e. The van der Waals surface area contributed by atoms with Crippen LogP contribution >= 0.6 is 11.6 Å². The van der Waals surface area contributed by atoms with Gasteiger partial charge < -0.3 is 19.7 Å². The molecule has 0 radical (unpaired) electrons. The molecular weight excluding hydrogens is 362 g/mol. The van der Waals surface area contributed by atoms with Crippen LogP contribution in [0.4, 0.5) is 23.0 Å². The van der Waals surface area contributed by atoms with Crippen molar-refractivity contribution in [2.75, 3.05) is 37.5 Å². The van der Waals surface area contributed by atoms with Gasteiger partial charge in [-0.3, -0.25) is 10.1 Å². The standard InChI is InChI=1S/C16H18ClN5O4/c1-25-12-8-13(26-2)11(7-10(12)17)20-15-14(22(23)24)16(19-9-18-15)21-5-3-4-6-21/h7-9H,3-6H2,1-2H3,(H,18,19,20). The summed E-state index contributed by atoms with van der Waals surface area (Å²) in [6, 6.07) is 3.17. The molecule has 1 fully saturated rings. The van der Waals surface area contributed by atoms with Gasteiger partial charge in [-0.1, -0.05) is 11.6 Å². The van der Waals surface area contributed by atoms with Crippen LogP contribution in [0.5, 0.6) is 11.5 Å². The number of nitrogens with zero attached hydrogens (tertiary/aromatic N) is 4. The van der Waals surface area contributed by atoms with Crippen LogP contribution in [0.1, 0.15) is 12.8 Å². The number of methoxy groups -OCH3 is 2. The Morgan fingerprint density at radius 3 is 2.50 bits per heavy atom. The van der Waals surface area contributed by atoms with Crippen molar-refractivity contribution in [1.82, 2.24) is 9.97 Å². The van der Waals surface area contributed by atoms with Crippen molar-refractivity contribution in [3.63, 3.8) is 0 Å². The van der Waals surface area contributed by atoms with Crippen molar-refractivity contribution in [1.29, 1.82) is 0 Å². The Bertz CT molecular complexity index is 827. The molecule has 1 saturated heterocycles. The van der Waals surface area contributed by atoms with Gasteiger partial charge in [-0.2, -0.15) is 0 Å². The molecule has 0 bridgehead atoms. The lowest BCUT2D eigenvalue weighted by Gasteiger charge is -2.18. The van der Waals surface area contributed by atoms with Crippen LogP contribution in [-0.4, -0.2) is 42.2 Å². The highest BCUT2D eigenvalue weighted by molar-refractivity contribution is 6.32. The predicted molar refractivity (Wildman–Crippen MR) is 98.0 cm³/mol. The van der Waals surface area contributed by atoms with Crippen molar-refractivity contribution in [2.45, 2.75) is 12.8 Å². The van der Waals surface area contributed by atoms with E-state index in [-0.39, 0.29) is 11.5 Å². The minimum absolute atomic E-state index is 0.0754. The van der Waals surface area contributed by atoms with E-state index in [4.69, 9.17) is 21.1 Å². The average molecular weight is 380 g/mol. The number of aromatic nitrogens is 2. The zero-order chi connectivity index (χ0) is 18.7. The van der Waals surface area contributed by atoms with Gasteiger partial charge in [0, 0.05) is 19.2 Å². The Kier molecular flexibility index (Phi) is 5.27. The van der Waals surface area contributed by atoms with Crippen LogP contribution < -0.4 is 19.7 Å². The van der Waals surface area contributed by atoms with Crippen molar-refractivity contribution >= 4 is 34.6 Å². The van der Waals surface area contributed by atoms with Crippen molar-refractivity contribution < 1.29 is 14.4 Å². The SMILES string of the molecule is COc1cc(OC)c(Nc2ncnc(N3CCCC3)c2[N+](=O)[O-])cc1Cl. The Balaban J connectivity index is 2.04. The molecule has 0 aliphatic carbocycles. The fourth-order valence-corrected chi connectivity index (χ4v) is 3.12. The lowest BCUT2D eigenvalue weighted by molar-refractivity contribution is -0.383. The number of nitrogens with one attached hydrogen (secondary N) is 1. The second kappa shape index (κ2) is 7.61. The summed E-state index contributed by atoms with van der Waals surface area (Å²) in [4.78, 5) is 21.3. The molecule has 0 spiro atoms. The van der Waals surface area contributed by atoms with Crippen LogP contribution in [0.3, 0.4) is 0 Å². The summed E-state index contributed by atoms with van der Waals surface area (Å²) in [6.07, 6.45) is 3.26. The van der Waals surface area contributed by atoms with Crippen molar-refractivity contribution in [3.05, 3.63) is 33.6 Å². The summed E-state index contributed by atoms with van der Waals surface area (Å²) in [7, 11) is 2.98. The first kappa shape index (κ1) is 18.0. The number of benzene rings is 1. The van der Waals surface area contributed by atoms with Crippen LogP contribution in [0, 0.1) is 10.1 Å². The Labute approximate surface area is 155 Å². The Hall–Kier alpha value is -2.81. The maximum atomic E-state index is 11.7. The number of rotatable bonds is 6. The maximum absolute atomic E-state index is 11.7. The summed E-state index contributed by atoms with van der Waals surface area (Å²) in [5.74, 6) is 1.24. The normalized spacial score (nSPS) is 13.6. The lowest BCUT2D eigenvalue weighted by atomic mass is 10.2. The molecule has 1 aromatic carbocycles. The van der Waals surface area contributed by atoms with Crippen LogP contribution in [0.25, 0.3) is 0 Å². The highest BCUT2D eigenvalue weighted by Crippen LogP contribution is 2.40. The number of hydrogen-bond acceptors (Lipinski definition) is 8. The van der Waals surface area contributed by atoms with E-state index in [0.29, 0.717) is 28.0 Å². The molecule has 9 nitrogen and oxygen atoms in total. The number of ether oxygens (including phenoxy) is 2. The number of halogens is 1. The van der Waals surface area contributed by atoms with E-state index in [2.05, 4.69) is 15.3 Å². The molecule has 10 heteroatoms. The van der Waals surface area contributed by atoms with Crippen LogP contribution in [0.2, 0.25) is 5.02 Å². The molecule has 0 saturated carbocycles. The van der Waals surface area contributed by atoms with Gasteiger partial charge in [-0.25, -0.2) is 9.97 Å². The van der Waals surface area contributed by atoms with Gasteiger partial charge in [-0.05, 0) is 18.9 Å². The molecule has 138 valence electrons. The molecule has 1 aliphatic rings. The third kappa shape index (κ3) is 3.43. The third-order valence-electron chi connectivity index (χ3n) is 4.12. The van der Waals surface area contributed by atoms with E-state index >= 15 is 0 Å². The first-order chi connectivity index (χ1) is 12.5. The minimum Gasteiger partial charge on any atom is -0.495 e. The van der Waals surface area contributed by atoms with E-state index in [1.54, 1.807) is 12.1 Å². The molecule has 3 rings (SSSR count). The summed E-state index contributed by atoms with van der Waals surface area (Å²) in [6.45, 7) is 1.46. The second-order valence-electron chi connectivity index (χ2n) is 5.66. The molecule has 0 amide bonds. The zero-order valence-corrected chi connectivity index (χ0v) is 15.1. The van der Waals surface area contributed by atoms with E-state index in [0.717, 1.165) is 25.9 Å². The summed E-state index contributed by atoms with van der Waals surface area (Å²) in [5, 5.41) is 15.0. The molecule has 2 aromatic rings. The molecule has 1 aliphatic heterocycles. The van der Waals surface area contributed by atoms with Gasteiger partial charge in [-0.15, -0.1) is 0 Å². The maximum Gasteiger partial charge on any atom is 0.353 e. The van der Waals surface area contributed by atoms with Gasteiger partial charge in [0.25, 0.3) is 0 Å². The lowest BCUT2D eigenvalue weighted by Crippen LogP contribution is -2.21. The fourth-order valence-electron chi connectivity index (χ4n) is 2.87. The third-order valence-corrected chi connectivity index (χ3v) is 4.41. The first-order valence-electron chi connectivity index (χ1n) is 7.98. The smallest absolute Gasteiger partial charge is 0.353 e. The molecule has 0 unspecified atom stereocenters. The fraction of sp³-hybridized carbons (Fsp3) is 0.375. The molecule has 1 N–H and O–H groups in total. The molecule has 1 aromatic heterocycles. The highest BCUT2D eigenvalue weighted by Gasteiger charge is 2.29. The molecular formula is C16H18ClN5O4. The van der Waals surface area contributed by atoms with Crippen LogP contribution in [-0.2, 0) is 0 Å². The van der Waals surface area contributed by atoms with Gasteiger partial charge in [0.1, 0.15) is 17.8 Å². The topological polar surface area (TPSA) is 103 Å². The number of anilines is 3. The first-order valence-corrected chi connectivity index (χ1v) is 8.35. The van der Waals surface area contributed by atoms with Crippen molar-refractivity contribution in [2.24, 2.45) is 0 Å². The van der Waals surface area contributed by atoms with Crippen LogP contribution in [0.15, 0.2) is 18.5 Å². The quantitative estimate of drug-likeness (QED) is 0.601. The van der Waals surface area contributed by atoms with Gasteiger partial charge in [0.15, 0.2) is 0 Å². The highest BCUT2D eigenvalue weighted by atomic mass is 35.5. The number of hydrogen-bond donors (Lipinski definition) is 1.